The summed E-state index contributed by atoms with van der Waals surface area (Å²) in [6.07, 6.45) is 2.28. The number of hydrogen-bond acceptors (Lipinski definition) is 2. The van der Waals surface area contributed by atoms with Crippen molar-refractivity contribution in [3.63, 3.8) is 0 Å². The minimum atomic E-state index is 0.285. The summed E-state index contributed by atoms with van der Waals surface area (Å²) >= 11 is 6.13. The van der Waals surface area contributed by atoms with Gasteiger partial charge in [0.15, 0.2) is 0 Å². The van der Waals surface area contributed by atoms with Crippen molar-refractivity contribution in [1.82, 2.24) is 0 Å². The Bertz CT molecular complexity index is 407. The lowest BCUT2D eigenvalue weighted by molar-refractivity contribution is 0.254. The highest BCUT2D eigenvalue weighted by molar-refractivity contribution is 6.32. The molecule has 15 heavy (non-hydrogen) atoms. The summed E-state index contributed by atoms with van der Waals surface area (Å²) in [5.74, 6) is 1.51. The minimum Gasteiger partial charge on any atom is -0.492 e. The maximum atomic E-state index is 6.13. The quantitative estimate of drug-likeness (QED) is 0.793. The summed E-state index contributed by atoms with van der Waals surface area (Å²) in [5, 5.41) is 0.731. The van der Waals surface area contributed by atoms with E-state index in [1.165, 1.54) is 12.0 Å². The summed E-state index contributed by atoms with van der Waals surface area (Å²) in [4.78, 5) is 0. The van der Waals surface area contributed by atoms with Crippen molar-refractivity contribution >= 4 is 11.6 Å². The van der Waals surface area contributed by atoms with Crippen LogP contribution >= 0.6 is 11.6 Å². The van der Waals surface area contributed by atoms with Gasteiger partial charge in [-0.25, -0.2) is 0 Å². The van der Waals surface area contributed by atoms with Crippen LogP contribution in [0.25, 0.3) is 0 Å². The molecule has 0 aromatic heterocycles. The van der Waals surface area contributed by atoms with Crippen molar-refractivity contribution in [2.75, 3.05) is 13.2 Å². The molecule has 1 fully saturated rings. The summed E-state index contributed by atoms with van der Waals surface area (Å²) < 4.78 is 5.65. The molecule has 0 saturated heterocycles. The first-order valence-corrected chi connectivity index (χ1v) is 5.77. The Morgan fingerprint density at radius 1 is 1.53 bits per heavy atom. The largest absolute Gasteiger partial charge is 0.492 e. The van der Waals surface area contributed by atoms with Crippen molar-refractivity contribution < 1.29 is 4.74 Å². The van der Waals surface area contributed by atoms with Crippen LogP contribution in [0, 0.1) is 5.92 Å². The van der Waals surface area contributed by atoms with E-state index in [1.54, 1.807) is 0 Å². The van der Waals surface area contributed by atoms with Crippen LogP contribution in [0.1, 0.15) is 18.4 Å². The molecular formula is C12H14ClNO. The monoisotopic (exact) mass is 223 g/mol. The fourth-order valence-electron chi connectivity index (χ4n) is 2.84. The van der Waals surface area contributed by atoms with E-state index in [9.17, 15) is 0 Å². The standard InChI is InChI=1S/C12H14ClNO/c13-10-3-1-2-9-11(10)15-5-4-12(9)6-8(12)7-14/h1-3,8H,4-7,14H2. The van der Waals surface area contributed by atoms with E-state index in [4.69, 9.17) is 22.1 Å². The highest BCUT2D eigenvalue weighted by Crippen LogP contribution is 2.60. The summed E-state index contributed by atoms with van der Waals surface area (Å²) in [6.45, 7) is 1.54. The van der Waals surface area contributed by atoms with Crippen LogP contribution in [0.15, 0.2) is 18.2 Å². The van der Waals surface area contributed by atoms with Crippen LogP contribution in [-0.4, -0.2) is 13.2 Å². The molecule has 2 aliphatic rings. The maximum absolute atomic E-state index is 6.13. The molecular weight excluding hydrogens is 210 g/mol. The molecule has 80 valence electrons. The van der Waals surface area contributed by atoms with Crippen LogP contribution in [0.3, 0.4) is 0 Å². The van der Waals surface area contributed by atoms with E-state index in [0.29, 0.717) is 5.92 Å². The van der Waals surface area contributed by atoms with Gasteiger partial charge in [0.2, 0.25) is 0 Å². The van der Waals surface area contributed by atoms with Crippen molar-refractivity contribution in [2.24, 2.45) is 11.7 Å². The zero-order chi connectivity index (χ0) is 10.5. The Morgan fingerprint density at radius 2 is 2.40 bits per heavy atom. The van der Waals surface area contributed by atoms with Crippen molar-refractivity contribution in [2.45, 2.75) is 18.3 Å². The highest BCUT2D eigenvalue weighted by Gasteiger charge is 2.56. The van der Waals surface area contributed by atoms with Gasteiger partial charge in [-0.05, 0) is 31.4 Å². The number of rotatable bonds is 1. The normalized spacial score (nSPS) is 32.3. The number of para-hydroxylation sites is 1. The van der Waals surface area contributed by atoms with Crippen molar-refractivity contribution in [3.05, 3.63) is 28.8 Å². The van der Waals surface area contributed by atoms with Crippen molar-refractivity contribution in [1.29, 1.82) is 0 Å². The molecule has 1 aromatic carbocycles. The third kappa shape index (κ3) is 1.21. The molecule has 0 radical (unpaired) electrons. The van der Waals surface area contributed by atoms with Gasteiger partial charge in [0.25, 0.3) is 0 Å². The van der Waals surface area contributed by atoms with Crippen molar-refractivity contribution in [3.8, 4) is 5.75 Å². The second-order valence-corrected chi connectivity index (χ2v) is 4.92. The average molecular weight is 224 g/mol. The number of fused-ring (bicyclic) bond motifs is 2. The van der Waals surface area contributed by atoms with Gasteiger partial charge in [0.05, 0.1) is 11.6 Å². The molecule has 1 spiro atoms. The molecule has 2 unspecified atom stereocenters. The van der Waals surface area contributed by atoms with Gasteiger partial charge in [-0.1, -0.05) is 23.7 Å². The predicted molar refractivity (Wildman–Crippen MR) is 60.4 cm³/mol. The van der Waals surface area contributed by atoms with E-state index >= 15 is 0 Å². The molecule has 2 atom stereocenters. The maximum Gasteiger partial charge on any atom is 0.141 e. The van der Waals surface area contributed by atoms with Crippen LogP contribution in [0.5, 0.6) is 5.75 Å². The first-order chi connectivity index (χ1) is 7.28. The lowest BCUT2D eigenvalue weighted by Crippen LogP contribution is -2.24. The van der Waals surface area contributed by atoms with E-state index in [-0.39, 0.29) is 5.41 Å². The molecule has 1 aliphatic heterocycles. The second-order valence-electron chi connectivity index (χ2n) is 4.51. The van der Waals surface area contributed by atoms with Gasteiger partial charge >= 0.3 is 0 Å². The Morgan fingerprint density at radius 3 is 3.13 bits per heavy atom. The van der Waals surface area contributed by atoms with Gasteiger partial charge in [0.1, 0.15) is 5.75 Å². The van der Waals surface area contributed by atoms with Gasteiger partial charge in [-0.2, -0.15) is 0 Å². The molecule has 2 nitrogen and oxygen atoms in total. The molecule has 0 bridgehead atoms. The summed E-state index contributed by atoms with van der Waals surface area (Å²) in [5.41, 5.74) is 7.32. The fraction of sp³-hybridized carbons (Fsp3) is 0.500. The Hall–Kier alpha value is -0.730. The zero-order valence-electron chi connectivity index (χ0n) is 8.50. The number of halogens is 1. The van der Waals surface area contributed by atoms with Gasteiger partial charge in [-0.3, -0.25) is 0 Å². The first kappa shape index (κ1) is 9.49. The summed E-state index contributed by atoms with van der Waals surface area (Å²) in [6, 6.07) is 6.03. The molecule has 1 aromatic rings. The Kier molecular flexibility index (Phi) is 1.98. The number of ether oxygens (including phenoxy) is 1. The fourth-order valence-corrected chi connectivity index (χ4v) is 3.07. The second kappa shape index (κ2) is 3.13. The lowest BCUT2D eigenvalue weighted by Gasteiger charge is -2.27. The lowest BCUT2D eigenvalue weighted by atomic mass is 9.87. The smallest absolute Gasteiger partial charge is 0.141 e. The average Bonchev–Trinajstić information content (AvgIpc) is 2.95. The number of benzene rings is 1. The van der Waals surface area contributed by atoms with Crippen LogP contribution in [0.4, 0.5) is 0 Å². The first-order valence-electron chi connectivity index (χ1n) is 5.40. The molecule has 0 amide bonds. The van der Waals surface area contributed by atoms with E-state index < -0.39 is 0 Å². The Balaban J connectivity index is 2.09. The third-order valence-corrected chi connectivity index (χ3v) is 4.11. The minimum absolute atomic E-state index is 0.285. The van der Waals surface area contributed by atoms with Crippen LogP contribution in [0.2, 0.25) is 5.02 Å². The van der Waals surface area contributed by atoms with Crippen LogP contribution < -0.4 is 10.5 Å². The molecule has 2 N–H and O–H groups in total. The zero-order valence-corrected chi connectivity index (χ0v) is 9.26. The van der Waals surface area contributed by atoms with Gasteiger partial charge < -0.3 is 10.5 Å². The number of nitrogens with two attached hydrogens (primary N) is 1. The summed E-state index contributed by atoms with van der Waals surface area (Å²) in [7, 11) is 0. The topological polar surface area (TPSA) is 35.2 Å². The Labute approximate surface area is 94.4 Å². The molecule has 1 aliphatic carbocycles. The third-order valence-electron chi connectivity index (χ3n) is 3.81. The SMILES string of the molecule is NCC1CC12CCOc1c(Cl)cccc12. The number of hydrogen-bond donors (Lipinski definition) is 1. The van der Waals surface area contributed by atoms with Gasteiger partial charge in [0, 0.05) is 11.0 Å². The highest BCUT2D eigenvalue weighted by atomic mass is 35.5. The van der Waals surface area contributed by atoms with Crippen LogP contribution in [-0.2, 0) is 5.41 Å². The molecule has 1 saturated carbocycles. The molecule has 3 heteroatoms. The molecule has 3 rings (SSSR count). The van der Waals surface area contributed by atoms with E-state index in [1.807, 2.05) is 12.1 Å². The van der Waals surface area contributed by atoms with Gasteiger partial charge in [-0.15, -0.1) is 0 Å². The molecule has 1 heterocycles. The van der Waals surface area contributed by atoms with E-state index in [0.717, 1.165) is 30.3 Å². The van der Waals surface area contributed by atoms with E-state index in [2.05, 4.69) is 6.07 Å². The predicted octanol–water partition coefficient (Wildman–Crippen LogP) is 2.34.